The fourth-order valence-electron chi connectivity index (χ4n) is 2.55. The molecular weight excluding hydrogens is 280 g/mol. The van der Waals surface area contributed by atoms with Crippen LogP contribution in [-0.4, -0.2) is 5.78 Å². The van der Waals surface area contributed by atoms with E-state index in [-0.39, 0.29) is 5.78 Å². The molecule has 0 N–H and O–H groups in total. The summed E-state index contributed by atoms with van der Waals surface area (Å²) in [7, 11) is 0. The lowest BCUT2D eigenvalue weighted by Gasteiger charge is -2.09. The molecule has 112 valence electrons. The monoisotopic (exact) mass is 298 g/mol. The van der Waals surface area contributed by atoms with E-state index in [9.17, 15) is 4.79 Å². The van der Waals surface area contributed by atoms with Gasteiger partial charge in [0.15, 0.2) is 5.78 Å². The highest BCUT2D eigenvalue weighted by atomic mass is 16.1. The molecule has 0 saturated heterocycles. The molecule has 0 amide bonds. The van der Waals surface area contributed by atoms with Gasteiger partial charge in [0.25, 0.3) is 0 Å². The van der Waals surface area contributed by atoms with E-state index in [1.807, 2.05) is 84.9 Å². The molecule has 0 fully saturated rings. The highest BCUT2D eigenvalue weighted by Gasteiger charge is 2.14. The second kappa shape index (κ2) is 6.89. The molecule has 0 spiro atoms. The van der Waals surface area contributed by atoms with E-state index in [2.05, 4.69) is 13.0 Å². The zero-order valence-corrected chi connectivity index (χ0v) is 13.1. The number of Topliss-reactive ketones (excluding diaryl/α,β-unsaturated/α-hetero) is 1. The lowest BCUT2D eigenvalue weighted by atomic mass is 9.94. The minimum atomic E-state index is 0.0417. The Kier molecular flexibility index (Phi) is 4.49. The number of rotatable bonds is 4. The molecule has 1 heteroatoms. The number of allylic oxidation sites excluding steroid dienone is 1. The van der Waals surface area contributed by atoms with Crippen LogP contribution in [0.3, 0.4) is 0 Å². The van der Waals surface area contributed by atoms with E-state index in [1.54, 1.807) is 0 Å². The summed E-state index contributed by atoms with van der Waals surface area (Å²) in [5.41, 5.74) is 4.57. The van der Waals surface area contributed by atoms with Crippen molar-refractivity contribution in [2.45, 2.75) is 6.92 Å². The van der Waals surface area contributed by atoms with Gasteiger partial charge >= 0.3 is 0 Å². The molecule has 1 nitrogen and oxygen atoms in total. The van der Waals surface area contributed by atoms with Crippen LogP contribution in [0.5, 0.6) is 0 Å². The van der Waals surface area contributed by atoms with Crippen molar-refractivity contribution >= 4 is 17.4 Å². The van der Waals surface area contributed by atoms with Gasteiger partial charge in [-0.05, 0) is 29.7 Å². The van der Waals surface area contributed by atoms with Gasteiger partial charge in [0.2, 0.25) is 0 Å². The standard InChI is InChI=1S/C22H18O/c1-17-10-8-9-15-20(17)16-21(18-11-4-2-5-12-18)22(23)19-13-6-3-7-14-19/h2-16H,1H3/b21-16+. The third-order valence-corrected chi connectivity index (χ3v) is 3.85. The first-order valence-corrected chi connectivity index (χ1v) is 7.68. The largest absolute Gasteiger partial charge is 0.289 e. The topological polar surface area (TPSA) is 17.1 Å². The summed E-state index contributed by atoms with van der Waals surface area (Å²) in [6.45, 7) is 2.06. The normalized spacial score (nSPS) is 11.3. The molecule has 3 aromatic rings. The molecule has 0 heterocycles. The van der Waals surface area contributed by atoms with Crippen molar-refractivity contribution in [1.82, 2.24) is 0 Å². The molecule has 0 atom stereocenters. The average Bonchev–Trinajstić information content (AvgIpc) is 2.62. The highest BCUT2D eigenvalue weighted by Crippen LogP contribution is 2.24. The van der Waals surface area contributed by atoms with Gasteiger partial charge in [-0.25, -0.2) is 0 Å². The molecule has 0 bridgehead atoms. The molecular formula is C22H18O. The molecule has 0 aliphatic rings. The summed E-state index contributed by atoms with van der Waals surface area (Å²) in [6.07, 6.45) is 1.99. The first-order chi connectivity index (χ1) is 11.3. The van der Waals surface area contributed by atoms with Crippen LogP contribution < -0.4 is 0 Å². The van der Waals surface area contributed by atoms with Gasteiger partial charge in [0.1, 0.15) is 0 Å². The number of carbonyl (C=O) groups is 1. The van der Waals surface area contributed by atoms with Gasteiger partial charge in [-0.15, -0.1) is 0 Å². The predicted molar refractivity (Wildman–Crippen MR) is 96.3 cm³/mol. The van der Waals surface area contributed by atoms with Crippen LogP contribution in [-0.2, 0) is 0 Å². The van der Waals surface area contributed by atoms with Gasteiger partial charge in [-0.2, -0.15) is 0 Å². The molecule has 3 rings (SSSR count). The quantitative estimate of drug-likeness (QED) is 0.357. The number of benzene rings is 3. The summed E-state index contributed by atoms with van der Waals surface area (Å²) < 4.78 is 0. The Balaban J connectivity index is 2.12. The van der Waals surface area contributed by atoms with Crippen molar-refractivity contribution < 1.29 is 4.79 Å². The van der Waals surface area contributed by atoms with E-state index >= 15 is 0 Å². The van der Waals surface area contributed by atoms with Crippen LogP contribution in [0.4, 0.5) is 0 Å². The van der Waals surface area contributed by atoms with Crippen LogP contribution in [0.25, 0.3) is 11.6 Å². The van der Waals surface area contributed by atoms with Crippen LogP contribution in [0.2, 0.25) is 0 Å². The van der Waals surface area contributed by atoms with Crippen LogP contribution >= 0.6 is 0 Å². The third kappa shape index (κ3) is 3.46. The molecule has 0 aromatic heterocycles. The van der Waals surface area contributed by atoms with Crippen molar-refractivity contribution in [2.75, 3.05) is 0 Å². The summed E-state index contributed by atoms with van der Waals surface area (Å²) in [5.74, 6) is 0.0417. The fourth-order valence-corrected chi connectivity index (χ4v) is 2.55. The second-order valence-corrected chi connectivity index (χ2v) is 5.48. The molecule has 0 saturated carbocycles. The summed E-state index contributed by atoms with van der Waals surface area (Å²) in [6, 6.07) is 27.3. The van der Waals surface area contributed by atoms with E-state index in [1.165, 1.54) is 0 Å². The van der Waals surface area contributed by atoms with Gasteiger partial charge in [-0.3, -0.25) is 4.79 Å². The van der Waals surface area contributed by atoms with Crippen molar-refractivity contribution in [1.29, 1.82) is 0 Å². The van der Waals surface area contributed by atoms with Crippen molar-refractivity contribution in [3.05, 3.63) is 107 Å². The van der Waals surface area contributed by atoms with E-state index in [0.717, 1.165) is 16.7 Å². The Morgan fingerprint density at radius 3 is 1.83 bits per heavy atom. The maximum absolute atomic E-state index is 13.0. The first kappa shape index (κ1) is 15.0. The van der Waals surface area contributed by atoms with E-state index in [0.29, 0.717) is 11.1 Å². The Labute approximate surface area is 136 Å². The van der Waals surface area contributed by atoms with Crippen molar-refractivity contribution in [3.63, 3.8) is 0 Å². The SMILES string of the molecule is Cc1ccccc1/C=C(/C(=O)c1ccccc1)c1ccccc1. The van der Waals surface area contributed by atoms with Crippen LogP contribution in [0.15, 0.2) is 84.9 Å². The van der Waals surface area contributed by atoms with Crippen LogP contribution in [0, 0.1) is 6.92 Å². The van der Waals surface area contributed by atoms with Gasteiger partial charge < -0.3 is 0 Å². The Hall–Kier alpha value is -2.93. The molecule has 0 aliphatic carbocycles. The van der Waals surface area contributed by atoms with Crippen LogP contribution in [0.1, 0.15) is 27.0 Å². The lowest BCUT2D eigenvalue weighted by molar-refractivity contribution is 0.105. The smallest absolute Gasteiger partial charge is 0.193 e. The number of hydrogen-bond acceptors (Lipinski definition) is 1. The number of hydrogen-bond donors (Lipinski definition) is 0. The minimum Gasteiger partial charge on any atom is -0.289 e. The Morgan fingerprint density at radius 1 is 0.696 bits per heavy atom. The number of aryl methyl sites for hydroxylation is 1. The summed E-state index contributed by atoms with van der Waals surface area (Å²) in [5, 5.41) is 0. The zero-order chi connectivity index (χ0) is 16.1. The van der Waals surface area contributed by atoms with E-state index in [4.69, 9.17) is 0 Å². The van der Waals surface area contributed by atoms with E-state index < -0.39 is 0 Å². The predicted octanol–water partition coefficient (Wildman–Crippen LogP) is 5.42. The minimum absolute atomic E-state index is 0.0417. The molecule has 23 heavy (non-hydrogen) atoms. The van der Waals surface area contributed by atoms with Gasteiger partial charge in [0.05, 0.1) is 0 Å². The maximum Gasteiger partial charge on any atom is 0.193 e. The van der Waals surface area contributed by atoms with Gasteiger partial charge in [0, 0.05) is 11.1 Å². The summed E-state index contributed by atoms with van der Waals surface area (Å²) >= 11 is 0. The van der Waals surface area contributed by atoms with Crippen molar-refractivity contribution in [3.8, 4) is 0 Å². The van der Waals surface area contributed by atoms with Crippen molar-refractivity contribution in [2.24, 2.45) is 0 Å². The molecule has 3 aromatic carbocycles. The van der Waals surface area contributed by atoms with Gasteiger partial charge in [-0.1, -0.05) is 84.9 Å². The molecule has 0 aliphatic heterocycles. The maximum atomic E-state index is 13.0. The average molecular weight is 298 g/mol. The Morgan fingerprint density at radius 2 is 1.22 bits per heavy atom. The Bertz CT molecular complexity index is 830. The zero-order valence-electron chi connectivity index (χ0n) is 13.1. The molecule has 0 radical (unpaired) electrons. The number of ketones is 1. The lowest BCUT2D eigenvalue weighted by Crippen LogP contribution is -2.03. The first-order valence-electron chi connectivity index (χ1n) is 7.68. The third-order valence-electron chi connectivity index (χ3n) is 3.85. The second-order valence-electron chi connectivity index (χ2n) is 5.48. The summed E-state index contributed by atoms with van der Waals surface area (Å²) in [4.78, 5) is 13.0. The number of carbonyl (C=O) groups excluding carboxylic acids is 1. The fraction of sp³-hybridized carbons (Fsp3) is 0.0455. The highest BCUT2D eigenvalue weighted by molar-refractivity contribution is 6.32. The molecule has 0 unspecified atom stereocenters.